The van der Waals surface area contributed by atoms with Gasteiger partial charge in [-0.05, 0) is 37.8 Å². The Kier molecular flexibility index (Phi) is 6.01. The largest absolute Gasteiger partial charge is 0.338 e. The number of benzene rings is 2. The molecule has 0 aliphatic heterocycles. The lowest BCUT2D eigenvalue weighted by Gasteiger charge is -2.08. The first-order chi connectivity index (χ1) is 10.6. The Morgan fingerprint density at radius 2 is 1.09 bits per heavy atom. The second-order valence-electron chi connectivity index (χ2n) is 5.65. The average Bonchev–Trinajstić information content (AvgIpc) is 2.51. The maximum absolute atomic E-state index is 11.7. The van der Waals surface area contributed by atoms with Crippen LogP contribution in [0.3, 0.4) is 0 Å². The molecule has 3 heteroatoms. The van der Waals surface area contributed by atoms with E-state index in [0.29, 0.717) is 13.1 Å². The van der Waals surface area contributed by atoms with Crippen molar-refractivity contribution in [1.29, 1.82) is 0 Å². The van der Waals surface area contributed by atoms with Crippen molar-refractivity contribution >= 4 is 6.03 Å². The summed E-state index contributed by atoms with van der Waals surface area (Å²) in [6.45, 7) is 5.45. The van der Waals surface area contributed by atoms with Crippen LogP contribution >= 0.6 is 0 Å². The van der Waals surface area contributed by atoms with E-state index in [4.69, 9.17) is 0 Å². The van der Waals surface area contributed by atoms with Gasteiger partial charge in [0.2, 0.25) is 0 Å². The van der Waals surface area contributed by atoms with Crippen molar-refractivity contribution in [1.82, 2.24) is 10.6 Å². The summed E-state index contributed by atoms with van der Waals surface area (Å²) in [7, 11) is 0. The molecular formula is C19H24N2O. The molecule has 0 atom stereocenters. The Morgan fingerprint density at radius 3 is 1.45 bits per heavy atom. The van der Waals surface area contributed by atoms with E-state index in [1.54, 1.807) is 0 Å². The molecule has 2 aromatic rings. The number of urea groups is 1. The van der Waals surface area contributed by atoms with Gasteiger partial charge < -0.3 is 10.6 Å². The molecule has 0 fully saturated rings. The van der Waals surface area contributed by atoms with E-state index in [0.717, 1.165) is 12.8 Å². The number of amides is 2. The number of aryl methyl sites for hydroxylation is 2. The van der Waals surface area contributed by atoms with Gasteiger partial charge in [-0.2, -0.15) is 0 Å². The number of nitrogens with one attached hydrogen (secondary N) is 2. The van der Waals surface area contributed by atoms with Gasteiger partial charge in [-0.1, -0.05) is 59.7 Å². The predicted molar refractivity (Wildman–Crippen MR) is 91.2 cm³/mol. The van der Waals surface area contributed by atoms with Crippen LogP contribution in [0.4, 0.5) is 4.79 Å². The van der Waals surface area contributed by atoms with Crippen molar-refractivity contribution < 1.29 is 4.79 Å². The third-order valence-corrected chi connectivity index (χ3v) is 3.64. The number of carbonyl (C=O) groups excluding carboxylic acids is 1. The molecule has 116 valence electrons. The number of rotatable bonds is 6. The van der Waals surface area contributed by atoms with Gasteiger partial charge in [0, 0.05) is 13.1 Å². The Balaban J connectivity index is 1.61. The van der Waals surface area contributed by atoms with E-state index in [2.05, 4.69) is 73.0 Å². The zero-order valence-electron chi connectivity index (χ0n) is 13.4. The summed E-state index contributed by atoms with van der Waals surface area (Å²) in [4.78, 5) is 11.7. The molecule has 22 heavy (non-hydrogen) atoms. The van der Waals surface area contributed by atoms with Gasteiger partial charge >= 0.3 is 6.03 Å². The van der Waals surface area contributed by atoms with Crippen LogP contribution in [0, 0.1) is 13.8 Å². The standard InChI is InChI=1S/C19H24N2O/c1-15-3-7-17(8-4-15)11-13-20-19(22)21-14-12-18-9-5-16(2)6-10-18/h3-10H,11-14H2,1-2H3,(H2,20,21,22). The molecule has 0 bridgehead atoms. The van der Waals surface area contributed by atoms with Gasteiger partial charge in [0.05, 0.1) is 0 Å². The molecule has 2 N–H and O–H groups in total. The van der Waals surface area contributed by atoms with Crippen LogP contribution in [0.15, 0.2) is 48.5 Å². The summed E-state index contributed by atoms with van der Waals surface area (Å²) in [5.74, 6) is 0. The van der Waals surface area contributed by atoms with E-state index in [9.17, 15) is 4.79 Å². The Hall–Kier alpha value is -2.29. The summed E-state index contributed by atoms with van der Waals surface area (Å²) in [5.41, 5.74) is 4.99. The molecule has 0 heterocycles. The van der Waals surface area contributed by atoms with E-state index >= 15 is 0 Å². The first kappa shape index (κ1) is 16.1. The van der Waals surface area contributed by atoms with Gasteiger partial charge in [-0.15, -0.1) is 0 Å². The minimum absolute atomic E-state index is 0.0979. The van der Waals surface area contributed by atoms with E-state index < -0.39 is 0 Å². The average molecular weight is 296 g/mol. The predicted octanol–water partition coefficient (Wildman–Crippen LogP) is 3.39. The summed E-state index contributed by atoms with van der Waals surface area (Å²) in [6, 6.07) is 16.7. The van der Waals surface area contributed by atoms with Crippen molar-refractivity contribution in [3.8, 4) is 0 Å². The van der Waals surface area contributed by atoms with Gasteiger partial charge in [0.25, 0.3) is 0 Å². The smallest absolute Gasteiger partial charge is 0.314 e. The van der Waals surface area contributed by atoms with Crippen molar-refractivity contribution in [2.45, 2.75) is 26.7 Å². The zero-order chi connectivity index (χ0) is 15.8. The fourth-order valence-electron chi connectivity index (χ4n) is 2.21. The molecule has 0 radical (unpaired) electrons. The SMILES string of the molecule is Cc1ccc(CCNC(=O)NCCc2ccc(C)cc2)cc1. The van der Waals surface area contributed by atoms with Crippen LogP contribution in [0.25, 0.3) is 0 Å². The number of carbonyl (C=O) groups is 1. The van der Waals surface area contributed by atoms with Crippen molar-refractivity contribution in [3.63, 3.8) is 0 Å². The molecular weight excluding hydrogens is 272 g/mol. The molecule has 0 saturated carbocycles. The molecule has 2 rings (SSSR count). The lowest BCUT2D eigenvalue weighted by molar-refractivity contribution is 0.241. The second-order valence-corrected chi connectivity index (χ2v) is 5.65. The van der Waals surface area contributed by atoms with Crippen molar-refractivity contribution in [3.05, 3.63) is 70.8 Å². The Morgan fingerprint density at radius 1 is 0.727 bits per heavy atom. The molecule has 3 nitrogen and oxygen atoms in total. The highest BCUT2D eigenvalue weighted by molar-refractivity contribution is 5.73. The van der Waals surface area contributed by atoms with Crippen LogP contribution < -0.4 is 10.6 Å². The van der Waals surface area contributed by atoms with E-state index in [-0.39, 0.29) is 6.03 Å². The van der Waals surface area contributed by atoms with Crippen LogP contribution in [0.2, 0.25) is 0 Å². The monoisotopic (exact) mass is 296 g/mol. The van der Waals surface area contributed by atoms with Gasteiger partial charge in [-0.25, -0.2) is 4.79 Å². The molecule has 0 aliphatic rings. The van der Waals surface area contributed by atoms with E-state index in [1.165, 1.54) is 22.3 Å². The summed E-state index contributed by atoms with van der Waals surface area (Å²) >= 11 is 0. The normalized spacial score (nSPS) is 10.3. The first-order valence-corrected chi connectivity index (χ1v) is 7.76. The van der Waals surface area contributed by atoms with Gasteiger partial charge in [-0.3, -0.25) is 0 Å². The minimum atomic E-state index is -0.0979. The number of hydrogen-bond acceptors (Lipinski definition) is 1. The second kappa shape index (κ2) is 8.23. The van der Waals surface area contributed by atoms with Crippen LogP contribution in [0.5, 0.6) is 0 Å². The van der Waals surface area contributed by atoms with Crippen LogP contribution in [-0.2, 0) is 12.8 Å². The maximum Gasteiger partial charge on any atom is 0.314 e. The van der Waals surface area contributed by atoms with Crippen molar-refractivity contribution in [2.24, 2.45) is 0 Å². The molecule has 2 aromatic carbocycles. The third kappa shape index (κ3) is 5.60. The molecule has 2 amide bonds. The maximum atomic E-state index is 11.7. The fraction of sp³-hybridized carbons (Fsp3) is 0.316. The Labute approximate surface area is 132 Å². The summed E-state index contributed by atoms with van der Waals surface area (Å²) < 4.78 is 0. The number of hydrogen-bond donors (Lipinski definition) is 2. The van der Waals surface area contributed by atoms with Gasteiger partial charge in [0.15, 0.2) is 0 Å². The summed E-state index contributed by atoms with van der Waals surface area (Å²) in [6.07, 6.45) is 1.71. The quantitative estimate of drug-likeness (QED) is 0.843. The van der Waals surface area contributed by atoms with Gasteiger partial charge in [0.1, 0.15) is 0 Å². The highest BCUT2D eigenvalue weighted by Gasteiger charge is 2.00. The van der Waals surface area contributed by atoms with E-state index in [1.807, 2.05) is 0 Å². The first-order valence-electron chi connectivity index (χ1n) is 7.76. The zero-order valence-corrected chi connectivity index (χ0v) is 13.4. The fourth-order valence-corrected chi connectivity index (χ4v) is 2.21. The lowest BCUT2D eigenvalue weighted by atomic mass is 10.1. The minimum Gasteiger partial charge on any atom is -0.338 e. The highest BCUT2D eigenvalue weighted by atomic mass is 16.2. The van der Waals surface area contributed by atoms with Crippen molar-refractivity contribution in [2.75, 3.05) is 13.1 Å². The topological polar surface area (TPSA) is 41.1 Å². The molecule has 0 unspecified atom stereocenters. The molecule has 0 aliphatic carbocycles. The molecule has 0 saturated heterocycles. The third-order valence-electron chi connectivity index (χ3n) is 3.64. The highest BCUT2D eigenvalue weighted by Crippen LogP contribution is 2.04. The molecule has 0 spiro atoms. The van der Waals surface area contributed by atoms with Crippen LogP contribution in [0.1, 0.15) is 22.3 Å². The lowest BCUT2D eigenvalue weighted by Crippen LogP contribution is -2.37. The summed E-state index contributed by atoms with van der Waals surface area (Å²) in [5, 5.41) is 5.78. The molecule has 0 aromatic heterocycles. The van der Waals surface area contributed by atoms with Crippen LogP contribution in [-0.4, -0.2) is 19.1 Å². The Bertz CT molecular complexity index is 534.